The molecule has 3 aromatic rings. The van der Waals surface area contributed by atoms with E-state index in [4.69, 9.17) is 5.73 Å². The highest BCUT2D eigenvalue weighted by Crippen LogP contribution is 2.39. The smallest absolute Gasteiger partial charge is 0.234 e. The number of nitrogens with one attached hydrogen (secondary N) is 1. The van der Waals surface area contributed by atoms with Crippen LogP contribution in [0.4, 0.5) is 11.5 Å². The maximum absolute atomic E-state index is 12.2. The quantitative estimate of drug-likeness (QED) is 0.502. The van der Waals surface area contributed by atoms with Crippen LogP contribution in [0.25, 0.3) is 10.2 Å². The van der Waals surface area contributed by atoms with E-state index >= 15 is 0 Å². The summed E-state index contributed by atoms with van der Waals surface area (Å²) in [6.07, 6.45) is 3.33. The Kier molecular flexibility index (Phi) is 5.06. The predicted molar refractivity (Wildman–Crippen MR) is 114 cm³/mol. The lowest BCUT2D eigenvalue weighted by molar-refractivity contribution is -0.113. The first kappa shape index (κ1) is 18.3. The summed E-state index contributed by atoms with van der Waals surface area (Å²) in [7, 11) is 0. The molecular formula is C20H22N4OS2. The third-order valence-electron chi connectivity index (χ3n) is 4.83. The molecule has 0 aliphatic heterocycles. The summed E-state index contributed by atoms with van der Waals surface area (Å²) in [6.45, 7) is 4.30. The molecule has 2 heterocycles. The van der Waals surface area contributed by atoms with Crippen molar-refractivity contribution in [2.75, 3.05) is 16.8 Å². The Bertz CT molecular complexity index is 997. The van der Waals surface area contributed by atoms with E-state index < -0.39 is 0 Å². The third-order valence-corrected chi connectivity index (χ3v) is 6.83. The summed E-state index contributed by atoms with van der Waals surface area (Å²) in [5.74, 6) is 1.42. The van der Waals surface area contributed by atoms with E-state index in [1.165, 1.54) is 28.6 Å². The lowest BCUT2D eigenvalue weighted by Gasteiger charge is -2.17. The molecule has 0 unspecified atom stereocenters. The molecule has 0 radical (unpaired) electrons. The number of benzene rings is 1. The maximum atomic E-state index is 12.2. The van der Waals surface area contributed by atoms with Crippen molar-refractivity contribution in [1.29, 1.82) is 0 Å². The highest BCUT2D eigenvalue weighted by Gasteiger charge is 2.23. The van der Waals surface area contributed by atoms with Gasteiger partial charge in [-0.2, -0.15) is 0 Å². The van der Waals surface area contributed by atoms with Crippen LogP contribution in [0.3, 0.4) is 0 Å². The fraction of sp³-hybridized carbons (Fsp3) is 0.350. The van der Waals surface area contributed by atoms with E-state index in [9.17, 15) is 4.79 Å². The Labute approximate surface area is 166 Å². The minimum Gasteiger partial charge on any atom is -0.383 e. The van der Waals surface area contributed by atoms with Crippen molar-refractivity contribution in [3.05, 3.63) is 40.3 Å². The lowest BCUT2D eigenvalue weighted by atomic mass is 9.89. The van der Waals surface area contributed by atoms with Gasteiger partial charge in [0.05, 0.1) is 11.1 Å². The van der Waals surface area contributed by atoms with E-state index in [1.54, 1.807) is 11.3 Å². The Morgan fingerprint density at radius 2 is 2.11 bits per heavy atom. The molecule has 2 aromatic heterocycles. The molecule has 1 amide bonds. The SMILES string of the molecule is Cc1ccc(NC(=O)CSc2nc(N)c3c4c(sc3n2)C[C@H](C)CC4)cc1. The zero-order valence-corrected chi connectivity index (χ0v) is 17.0. The molecule has 1 aliphatic rings. The molecule has 0 saturated carbocycles. The van der Waals surface area contributed by atoms with Crippen molar-refractivity contribution in [1.82, 2.24) is 9.97 Å². The Hall–Kier alpha value is -2.12. The minimum atomic E-state index is -0.0783. The fourth-order valence-corrected chi connectivity index (χ4v) is 5.48. The van der Waals surface area contributed by atoms with Crippen LogP contribution in [-0.4, -0.2) is 21.6 Å². The largest absolute Gasteiger partial charge is 0.383 e. The normalized spacial score (nSPS) is 16.3. The molecule has 27 heavy (non-hydrogen) atoms. The van der Waals surface area contributed by atoms with Gasteiger partial charge in [-0.3, -0.25) is 4.79 Å². The topological polar surface area (TPSA) is 80.9 Å². The second-order valence-corrected chi connectivity index (χ2v) is 9.15. The highest BCUT2D eigenvalue weighted by atomic mass is 32.2. The van der Waals surface area contributed by atoms with E-state index in [1.807, 2.05) is 31.2 Å². The van der Waals surface area contributed by atoms with E-state index in [0.29, 0.717) is 16.9 Å². The summed E-state index contributed by atoms with van der Waals surface area (Å²) in [5, 5.41) is 4.48. The van der Waals surface area contributed by atoms with Crippen LogP contribution in [0.1, 0.15) is 29.3 Å². The van der Waals surface area contributed by atoms with Crippen LogP contribution >= 0.6 is 23.1 Å². The fourth-order valence-electron chi connectivity index (χ4n) is 3.38. The number of rotatable bonds is 4. The number of carbonyl (C=O) groups excluding carboxylic acids is 1. The van der Waals surface area contributed by atoms with Gasteiger partial charge in [0.2, 0.25) is 5.91 Å². The van der Waals surface area contributed by atoms with Gasteiger partial charge in [0.1, 0.15) is 10.6 Å². The molecule has 1 aromatic carbocycles. The zero-order valence-electron chi connectivity index (χ0n) is 15.4. The average Bonchev–Trinajstić information content (AvgIpc) is 2.99. The van der Waals surface area contributed by atoms with Gasteiger partial charge >= 0.3 is 0 Å². The van der Waals surface area contributed by atoms with Crippen LogP contribution in [-0.2, 0) is 17.6 Å². The molecule has 7 heteroatoms. The molecule has 3 N–H and O–H groups in total. The number of nitrogens with zero attached hydrogens (tertiary/aromatic N) is 2. The van der Waals surface area contributed by atoms with Crippen molar-refractivity contribution in [2.45, 2.75) is 38.3 Å². The van der Waals surface area contributed by atoms with Crippen molar-refractivity contribution < 1.29 is 4.79 Å². The number of hydrogen-bond donors (Lipinski definition) is 2. The van der Waals surface area contributed by atoms with Gasteiger partial charge < -0.3 is 11.1 Å². The number of anilines is 2. The molecule has 0 fully saturated rings. The molecule has 0 spiro atoms. The number of nitrogens with two attached hydrogens (primary N) is 1. The number of fused-ring (bicyclic) bond motifs is 3. The number of thiophene rings is 1. The molecule has 1 atom stereocenters. The summed E-state index contributed by atoms with van der Waals surface area (Å²) in [5.41, 5.74) is 9.53. The van der Waals surface area contributed by atoms with Crippen molar-refractivity contribution in [3.63, 3.8) is 0 Å². The Balaban J connectivity index is 1.47. The number of carbonyl (C=O) groups is 1. The maximum Gasteiger partial charge on any atom is 0.234 e. The first-order valence-electron chi connectivity index (χ1n) is 9.06. The highest BCUT2D eigenvalue weighted by molar-refractivity contribution is 7.99. The van der Waals surface area contributed by atoms with Gasteiger partial charge in [-0.1, -0.05) is 36.4 Å². The molecule has 0 bridgehead atoms. The molecule has 0 saturated heterocycles. The summed E-state index contributed by atoms with van der Waals surface area (Å²) < 4.78 is 0. The monoisotopic (exact) mass is 398 g/mol. The average molecular weight is 399 g/mol. The summed E-state index contributed by atoms with van der Waals surface area (Å²) in [4.78, 5) is 23.7. The molecule has 4 rings (SSSR count). The zero-order chi connectivity index (χ0) is 19.0. The van der Waals surface area contributed by atoms with Gasteiger partial charge in [0.25, 0.3) is 0 Å². The van der Waals surface area contributed by atoms with Crippen molar-refractivity contribution in [3.8, 4) is 0 Å². The Morgan fingerprint density at radius 3 is 2.89 bits per heavy atom. The van der Waals surface area contributed by atoms with Gasteiger partial charge in [-0.05, 0) is 49.8 Å². The van der Waals surface area contributed by atoms with Crippen LogP contribution in [0.15, 0.2) is 29.4 Å². The van der Waals surface area contributed by atoms with E-state index in [0.717, 1.165) is 34.3 Å². The number of thioether (sulfide) groups is 1. The van der Waals surface area contributed by atoms with Crippen LogP contribution in [0.2, 0.25) is 0 Å². The second kappa shape index (κ2) is 7.48. The summed E-state index contributed by atoms with van der Waals surface area (Å²) >= 11 is 3.04. The number of nitrogen functional groups attached to an aromatic ring is 1. The van der Waals surface area contributed by atoms with Crippen molar-refractivity contribution >= 4 is 50.7 Å². The molecule has 140 valence electrons. The van der Waals surface area contributed by atoms with Gasteiger partial charge in [-0.25, -0.2) is 9.97 Å². The predicted octanol–water partition coefficient (Wildman–Crippen LogP) is 4.44. The number of aryl methyl sites for hydroxylation is 2. The van der Waals surface area contributed by atoms with Crippen LogP contribution in [0, 0.1) is 12.8 Å². The Morgan fingerprint density at radius 1 is 1.33 bits per heavy atom. The third kappa shape index (κ3) is 3.94. The second-order valence-electron chi connectivity index (χ2n) is 7.13. The minimum absolute atomic E-state index is 0.0783. The lowest BCUT2D eigenvalue weighted by Crippen LogP contribution is -2.14. The number of amides is 1. The molecular weight excluding hydrogens is 376 g/mol. The standard InChI is InChI=1S/C20H22N4OS2/c1-11-3-6-13(7-4-11)22-16(25)10-26-20-23-18(21)17-14-8-5-12(2)9-15(14)27-19(17)24-20/h3-4,6-7,12H,5,8-10H2,1-2H3,(H,22,25)(H2,21,23,24)/t12-/m1/s1. The first-order chi connectivity index (χ1) is 13.0. The van der Waals surface area contributed by atoms with E-state index in [2.05, 4.69) is 22.2 Å². The number of aromatic nitrogens is 2. The van der Waals surface area contributed by atoms with Gasteiger partial charge in [0, 0.05) is 10.6 Å². The number of hydrogen-bond acceptors (Lipinski definition) is 6. The molecule has 5 nitrogen and oxygen atoms in total. The van der Waals surface area contributed by atoms with Crippen LogP contribution in [0.5, 0.6) is 0 Å². The van der Waals surface area contributed by atoms with E-state index in [-0.39, 0.29) is 11.7 Å². The molecule has 1 aliphatic carbocycles. The van der Waals surface area contributed by atoms with Gasteiger partial charge in [0.15, 0.2) is 5.16 Å². The van der Waals surface area contributed by atoms with Gasteiger partial charge in [-0.15, -0.1) is 11.3 Å². The van der Waals surface area contributed by atoms with Crippen LogP contribution < -0.4 is 11.1 Å². The first-order valence-corrected chi connectivity index (χ1v) is 10.9. The van der Waals surface area contributed by atoms with Crippen molar-refractivity contribution in [2.24, 2.45) is 5.92 Å². The summed E-state index contributed by atoms with van der Waals surface area (Å²) in [6, 6.07) is 7.74.